The SMILES string of the molecule is C=CCn1c(COc2ccc(C)cc2OCC)nnc1SCC(=O)Nc1cccc(Cl)c1Cl. The van der Waals surface area contributed by atoms with Crippen LogP contribution < -0.4 is 14.8 Å². The molecule has 33 heavy (non-hydrogen) atoms. The van der Waals surface area contributed by atoms with Crippen molar-refractivity contribution in [3.05, 3.63) is 70.5 Å². The fraction of sp³-hybridized carbons (Fsp3) is 0.261. The smallest absolute Gasteiger partial charge is 0.234 e. The Bertz CT molecular complexity index is 1140. The molecule has 1 amide bonds. The normalized spacial score (nSPS) is 10.7. The van der Waals surface area contributed by atoms with E-state index in [0.717, 1.165) is 5.56 Å². The molecule has 0 saturated carbocycles. The number of nitrogens with one attached hydrogen (secondary N) is 1. The van der Waals surface area contributed by atoms with Crippen molar-refractivity contribution < 1.29 is 14.3 Å². The molecule has 3 aromatic rings. The molecule has 1 aromatic heterocycles. The molecular weight excluding hydrogens is 483 g/mol. The zero-order valence-electron chi connectivity index (χ0n) is 18.3. The largest absolute Gasteiger partial charge is 0.490 e. The van der Waals surface area contributed by atoms with E-state index in [1.807, 2.05) is 36.6 Å². The fourth-order valence-corrected chi connectivity index (χ4v) is 4.02. The van der Waals surface area contributed by atoms with E-state index in [2.05, 4.69) is 22.1 Å². The lowest BCUT2D eigenvalue weighted by atomic mass is 10.2. The molecule has 0 aliphatic heterocycles. The summed E-state index contributed by atoms with van der Waals surface area (Å²) in [4.78, 5) is 12.4. The van der Waals surface area contributed by atoms with E-state index >= 15 is 0 Å². The van der Waals surface area contributed by atoms with Crippen LogP contribution in [0.25, 0.3) is 0 Å². The van der Waals surface area contributed by atoms with Gasteiger partial charge in [-0.2, -0.15) is 0 Å². The molecule has 7 nitrogen and oxygen atoms in total. The van der Waals surface area contributed by atoms with E-state index in [1.54, 1.807) is 24.3 Å². The summed E-state index contributed by atoms with van der Waals surface area (Å²) >= 11 is 13.4. The molecule has 1 N–H and O–H groups in total. The molecule has 174 valence electrons. The number of allylic oxidation sites excluding steroid dienone is 1. The van der Waals surface area contributed by atoms with Crippen LogP contribution in [0.4, 0.5) is 5.69 Å². The summed E-state index contributed by atoms with van der Waals surface area (Å²) in [5.74, 6) is 1.79. The van der Waals surface area contributed by atoms with Gasteiger partial charge in [0, 0.05) is 6.54 Å². The van der Waals surface area contributed by atoms with Crippen LogP contribution in [0.15, 0.2) is 54.2 Å². The Hall–Kier alpha value is -2.68. The van der Waals surface area contributed by atoms with Crippen LogP contribution in [-0.4, -0.2) is 33.0 Å². The van der Waals surface area contributed by atoms with Gasteiger partial charge in [-0.25, -0.2) is 0 Å². The van der Waals surface area contributed by atoms with Gasteiger partial charge in [-0.15, -0.1) is 16.8 Å². The van der Waals surface area contributed by atoms with Gasteiger partial charge in [0.1, 0.15) is 6.61 Å². The summed E-state index contributed by atoms with van der Waals surface area (Å²) in [6.45, 7) is 8.92. The molecule has 0 spiro atoms. The van der Waals surface area contributed by atoms with Gasteiger partial charge in [0.15, 0.2) is 22.5 Å². The molecule has 0 unspecified atom stereocenters. The van der Waals surface area contributed by atoms with E-state index in [0.29, 0.717) is 51.4 Å². The van der Waals surface area contributed by atoms with Gasteiger partial charge in [0.25, 0.3) is 0 Å². The second-order valence-corrected chi connectivity index (χ2v) is 8.64. The summed E-state index contributed by atoms with van der Waals surface area (Å²) in [5, 5.41) is 12.5. The number of carbonyl (C=O) groups is 1. The minimum absolute atomic E-state index is 0.116. The van der Waals surface area contributed by atoms with Crippen LogP contribution in [0.3, 0.4) is 0 Å². The maximum atomic E-state index is 12.4. The molecule has 3 rings (SSSR count). The molecule has 0 fully saturated rings. The lowest BCUT2D eigenvalue weighted by Crippen LogP contribution is -2.15. The molecule has 1 heterocycles. The monoisotopic (exact) mass is 506 g/mol. The first-order chi connectivity index (χ1) is 15.9. The predicted molar refractivity (Wildman–Crippen MR) is 133 cm³/mol. The Labute approximate surface area is 207 Å². The molecule has 0 atom stereocenters. The van der Waals surface area contributed by atoms with Crippen molar-refractivity contribution in [3.8, 4) is 11.5 Å². The number of hydrogen-bond donors (Lipinski definition) is 1. The molecule has 0 aliphatic carbocycles. The summed E-state index contributed by atoms with van der Waals surface area (Å²) < 4.78 is 13.5. The number of hydrogen-bond acceptors (Lipinski definition) is 6. The van der Waals surface area contributed by atoms with Crippen LogP contribution >= 0.6 is 35.0 Å². The van der Waals surface area contributed by atoms with Gasteiger partial charge < -0.3 is 14.8 Å². The molecule has 0 saturated heterocycles. The van der Waals surface area contributed by atoms with E-state index in [4.69, 9.17) is 32.7 Å². The number of ether oxygens (including phenoxy) is 2. The van der Waals surface area contributed by atoms with Crippen LogP contribution in [0.1, 0.15) is 18.3 Å². The van der Waals surface area contributed by atoms with Crippen molar-refractivity contribution in [1.29, 1.82) is 0 Å². The number of nitrogens with zero attached hydrogens (tertiary/aromatic N) is 3. The van der Waals surface area contributed by atoms with Crippen molar-refractivity contribution in [2.24, 2.45) is 0 Å². The number of amides is 1. The third-order valence-corrected chi connectivity index (χ3v) is 6.20. The van der Waals surface area contributed by atoms with Gasteiger partial charge >= 0.3 is 0 Å². The Morgan fingerprint density at radius 3 is 2.79 bits per heavy atom. The zero-order valence-corrected chi connectivity index (χ0v) is 20.6. The van der Waals surface area contributed by atoms with Crippen molar-refractivity contribution in [2.75, 3.05) is 17.7 Å². The Kier molecular flexibility index (Phi) is 9.05. The zero-order chi connectivity index (χ0) is 23.8. The predicted octanol–water partition coefficient (Wildman–Crippen LogP) is 5.79. The highest BCUT2D eigenvalue weighted by Crippen LogP contribution is 2.31. The van der Waals surface area contributed by atoms with Crippen LogP contribution in [0.2, 0.25) is 10.0 Å². The molecular formula is C23H24Cl2N4O3S. The number of anilines is 1. The third-order valence-electron chi connectivity index (χ3n) is 4.42. The topological polar surface area (TPSA) is 78.3 Å². The number of benzene rings is 2. The Balaban J connectivity index is 1.66. The van der Waals surface area contributed by atoms with Crippen LogP contribution in [0, 0.1) is 6.92 Å². The van der Waals surface area contributed by atoms with Crippen LogP contribution in [-0.2, 0) is 17.9 Å². The van der Waals surface area contributed by atoms with Crippen molar-refractivity contribution in [1.82, 2.24) is 14.8 Å². The quantitative estimate of drug-likeness (QED) is 0.262. The fourth-order valence-electron chi connectivity index (χ4n) is 2.91. The number of carbonyl (C=O) groups excluding carboxylic acids is 1. The number of rotatable bonds is 11. The number of thioether (sulfide) groups is 1. The minimum Gasteiger partial charge on any atom is -0.490 e. The van der Waals surface area contributed by atoms with E-state index in [-0.39, 0.29) is 18.3 Å². The standard InChI is InChI=1S/C23H24Cl2N4O3S/c1-4-11-29-20(13-32-18-10-9-15(3)12-19(18)31-5-2)27-28-23(29)33-14-21(30)26-17-8-6-7-16(24)22(17)25/h4,6-10,12H,1,5,11,13-14H2,2-3H3,(H,26,30). The molecule has 0 radical (unpaired) electrons. The summed E-state index contributed by atoms with van der Waals surface area (Å²) in [5.41, 5.74) is 1.54. The highest BCUT2D eigenvalue weighted by molar-refractivity contribution is 7.99. The Morgan fingerprint density at radius 1 is 1.21 bits per heavy atom. The maximum absolute atomic E-state index is 12.4. The third kappa shape index (κ3) is 6.66. The van der Waals surface area contributed by atoms with Crippen molar-refractivity contribution in [2.45, 2.75) is 32.2 Å². The lowest BCUT2D eigenvalue weighted by Gasteiger charge is -2.13. The number of aryl methyl sites for hydroxylation is 1. The maximum Gasteiger partial charge on any atom is 0.234 e. The lowest BCUT2D eigenvalue weighted by molar-refractivity contribution is -0.113. The first-order valence-corrected chi connectivity index (χ1v) is 11.9. The molecule has 0 bridgehead atoms. The van der Waals surface area contributed by atoms with Gasteiger partial charge in [0.05, 0.1) is 28.1 Å². The minimum atomic E-state index is -0.240. The van der Waals surface area contributed by atoms with E-state index < -0.39 is 0 Å². The van der Waals surface area contributed by atoms with Crippen LogP contribution in [0.5, 0.6) is 11.5 Å². The number of aromatic nitrogens is 3. The summed E-state index contributed by atoms with van der Waals surface area (Å²) in [7, 11) is 0. The number of halogens is 2. The second-order valence-electron chi connectivity index (χ2n) is 6.91. The van der Waals surface area contributed by atoms with Gasteiger partial charge in [0.2, 0.25) is 5.91 Å². The average molecular weight is 507 g/mol. The molecule has 10 heteroatoms. The summed E-state index contributed by atoms with van der Waals surface area (Å²) in [6, 6.07) is 10.8. The first-order valence-electron chi connectivity index (χ1n) is 10.2. The van der Waals surface area contributed by atoms with Crippen molar-refractivity contribution >= 4 is 46.6 Å². The first kappa shape index (κ1) is 25.0. The van der Waals surface area contributed by atoms with Gasteiger partial charge in [-0.1, -0.05) is 53.2 Å². The average Bonchev–Trinajstić information content (AvgIpc) is 3.17. The molecule has 0 aliphatic rings. The highest BCUT2D eigenvalue weighted by atomic mass is 35.5. The van der Waals surface area contributed by atoms with Gasteiger partial charge in [-0.05, 0) is 43.7 Å². The highest BCUT2D eigenvalue weighted by Gasteiger charge is 2.16. The van der Waals surface area contributed by atoms with Gasteiger partial charge in [-0.3, -0.25) is 9.36 Å². The molecule has 2 aromatic carbocycles. The van der Waals surface area contributed by atoms with E-state index in [1.165, 1.54) is 11.8 Å². The Morgan fingerprint density at radius 2 is 2.03 bits per heavy atom. The van der Waals surface area contributed by atoms with Crippen molar-refractivity contribution in [3.63, 3.8) is 0 Å². The summed E-state index contributed by atoms with van der Waals surface area (Å²) in [6.07, 6.45) is 1.74. The second kappa shape index (κ2) is 12.0. The van der Waals surface area contributed by atoms with E-state index in [9.17, 15) is 4.79 Å².